The van der Waals surface area contributed by atoms with Crippen molar-refractivity contribution in [3.05, 3.63) is 29.8 Å². The highest BCUT2D eigenvalue weighted by molar-refractivity contribution is 5.94. The first-order chi connectivity index (χ1) is 10.7. The second-order valence-electron chi connectivity index (χ2n) is 5.09. The standard InChI is InChI=1S/C17H23NO4.ClH/c1-20-16-5-3-4-14(17(16)21-2)6-7-15(19)8-9-18-10-12-22-13-11-18;/h3-7H,8-13H2,1-2H3;1H. The summed E-state index contributed by atoms with van der Waals surface area (Å²) in [6, 6.07) is 5.60. The summed E-state index contributed by atoms with van der Waals surface area (Å²) in [6.07, 6.45) is 3.91. The van der Waals surface area contributed by atoms with Crippen LogP contribution in [0.1, 0.15) is 12.0 Å². The Kier molecular flexibility index (Phi) is 8.69. The number of methoxy groups -OCH3 is 2. The highest BCUT2D eigenvalue weighted by atomic mass is 35.5. The van der Waals surface area contributed by atoms with Crippen molar-refractivity contribution in [1.29, 1.82) is 0 Å². The molecule has 0 N–H and O–H groups in total. The molecule has 0 saturated carbocycles. The number of carbonyl (C=O) groups is 1. The minimum Gasteiger partial charge on any atom is -0.493 e. The third-order valence-corrected chi connectivity index (χ3v) is 3.66. The fourth-order valence-corrected chi connectivity index (χ4v) is 2.40. The maximum atomic E-state index is 12.0. The molecule has 1 heterocycles. The van der Waals surface area contributed by atoms with E-state index >= 15 is 0 Å². The van der Waals surface area contributed by atoms with Gasteiger partial charge in [0.15, 0.2) is 17.3 Å². The van der Waals surface area contributed by atoms with Crippen LogP contribution in [0.5, 0.6) is 11.5 Å². The summed E-state index contributed by atoms with van der Waals surface area (Å²) in [7, 11) is 3.19. The molecular weight excluding hydrogens is 318 g/mol. The molecule has 0 radical (unpaired) electrons. The van der Waals surface area contributed by atoms with Gasteiger partial charge in [-0.3, -0.25) is 9.69 Å². The maximum absolute atomic E-state index is 12.0. The van der Waals surface area contributed by atoms with E-state index < -0.39 is 0 Å². The van der Waals surface area contributed by atoms with Gasteiger partial charge in [-0.1, -0.05) is 12.1 Å². The van der Waals surface area contributed by atoms with Crippen molar-refractivity contribution in [2.75, 3.05) is 47.1 Å². The third-order valence-electron chi connectivity index (χ3n) is 3.66. The molecule has 0 atom stereocenters. The molecule has 5 nitrogen and oxygen atoms in total. The zero-order valence-corrected chi connectivity index (χ0v) is 14.4. The predicted octanol–water partition coefficient (Wildman–Crippen LogP) is 2.43. The maximum Gasteiger partial charge on any atom is 0.167 e. The van der Waals surface area contributed by atoms with Gasteiger partial charge in [0, 0.05) is 31.6 Å². The Morgan fingerprint density at radius 3 is 2.65 bits per heavy atom. The van der Waals surface area contributed by atoms with Crippen molar-refractivity contribution in [2.45, 2.75) is 6.42 Å². The molecule has 1 aromatic carbocycles. The third kappa shape index (κ3) is 5.86. The monoisotopic (exact) mass is 341 g/mol. The molecule has 1 aliphatic heterocycles. The number of hydrogen-bond acceptors (Lipinski definition) is 5. The van der Waals surface area contributed by atoms with Crippen molar-refractivity contribution < 1.29 is 19.0 Å². The number of ether oxygens (including phenoxy) is 3. The first kappa shape index (κ1) is 19.5. The van der Waals surface area contributed by atoms with Crippen LogP contribution >= 0.6 is 12.4 Å². The summed E-state index contributed by atoms with van der Waals surface area (Å²) in [5, 5.41) is 0. The van der Waals surface area contributed by atoms with E-state index in [1.54, 1.807) is 26.4 Å². The van der Waals surface area contributed by atoms with E-state index in [1.165, 1.54) is 0 Å². The molecule has 23 heavy (non-hydrogen) atoms. The summed E-state index contributed by atoms with van der Waals surface area (Å²) in [5.41, 5.74) is 0.835. The average molecular weight is 342 g/mol. The normalized spacial score (nSPS) is 15.2. The van der Waals surface area contributed by atoms with Crippen LogP contribution in [0, 0.1) is 0 Å². The van der Waals surface area contributed by atoms with Crippen molar-refractivity contribution >= 4 is 24.3 Å². The van der Waals surface area contributed by atoms with Crippen LogP contribution in [0.3, 0.4) is 0 Å². The van der Waals surface area contributed by atoms with Gasteiger partial charge in [-0.15, -0.1) is 12.4 Å². The van der Waals surface area contributed by atoms with Gasteiger partial charge in [0.1, 0.15) is 0 Å². The molecule has 0 aliphatic carbocycles. The summed E-state index contributed by atoms with van der Waals surface area (Å²) < 4.78 is 15.9. The first-order valence-electron chi connectivity index (χ1n) is 7.46. The molecule has 1 aromatic rings. The van der Waals surface area contributed by atoms with E-state index in [2.05, 4.69) is 4.90 Å². The van der Waals surface area contributed by atoms with Gasteiger partial charge in [-0.2, -0.15) is 0 Å². The number of allylic oxidation sites excluding steroid dienone is 1. The summed E-state index contributed by atoms with van der Waals surface area (Å²) in [6.45, 7) is 4.10. The van der Waals surface area contributed by atoms with E-state index in [0.29, 0.717) is 17.9 Å². The van der Waals surface area contributed by atoms with Crippen LogP contribution in [0.2, 0.25) is 0 Å². The van der Waals surface area contributed by atoms with Gasteiger partial charge in [0.05, 0.1) is 27.4 Å². The Labute approximate surface area is 143 Å². The molecule has 128 valence electrons. The lowest BCUT2D eigenvalue weighted by molar-refractivity contribution is -0.115. The molecule has 0 bridgehead atoms. The van der Waals surface area contributed by atoms with Crippen molar-refractivity contribution in [1.82, 2.24) is 4.90 Å². The van der Waals surface area contributed by atoms with Gasteiger partial charge in [0.25, 0.3) is 0 Å². The zero-order chi connectivity index (χ0) is 15.8. The molecule has 0 spiro atoms. The highest BCUT2D eigenvalue weighted by Crippen LogP contribution is 2.31. The van der Waals surface area contributed by atoms with E-state index in [1.807, 2.05) is 18.2 Å². The molecule has 0 aromatic heterocycles. The number of para-hydroxylation sites is 1. The number of carbonyl (C=O) groups excluding carboxylic acids is 1. The first-order valence-corrected chi connectivity index (χ1v) is 7.46. The summed E-state index contributed by atoms with van der Waals surface area (Å²) >= 11 is 0. The van der Waals surface area contributed by atoms with Crippen LogP contribution in [-0.2, 0) is 9.53 Å². The number of benzene rings is 1. The molecule has 0 unspecified atom stereocenters. The van der Waals surface area contributed by atoms with Gasteiger partial charge >= 0.3 is 0 Å². The smallest absolute Gasteiger partial charge is 0.167 e. The summed E-state index contributed by atoms with van der Waals surface area (Å²) in [5.74, 6) is 1.41. The van der Waals surface area contributed by atoms with E-state index in [9.17, 15) is 4.79 Å². The number of hydrogen-bond donors (Lipinski definition) is 0. The predicted molar refractivity (Wildman–Crippen MR) is 92.7 cm³/mol. The molecule has 1 saturated heterocycles. The fraction of sp³-hybridized carbons (Fsp3) is 0.471. The minimum atomic E-state index is 0. The molecule has 6 heteroatoms. The second kappa shape index (κ2) is 10.3. The van der Waals surface area contributed by atoms with E-state index in [0.717, 1.165) is 38.4 Å². The lowest BCUT2D eigenvalue weighted by atomic mass is 10.1. The van der Waals surface area contributed by atoms with Gasteiger partial charge in [0.2, 0.25) is 0 Å². The van der Waals surface area contributed by atoms with Gasteiger partial charge in [-0.05, 0) is 18.2 Å². The minimum absolute atomic E-state index is 0. The molecular formula is C17H24ClNO4. The number of ketones is 1. The zero-order valence-electron chi connectivity index (χ0n) is 13.6. The Balaban J connectivity index is 0.00000264. The van der Waals surface area contributed by atoms with Crippen LogP contribution in [-0.4, -0.2) is 57.8 Å². The molecule has 2 rings (SSSR count). The van der Waals surface area contributed by atoms with Gasteiger partial charge in [-0.25, -0.2) is 0 Å². The largest absolute Gasteiger partial charge is 0.493 e. The quantitative estimate of drug-likeness (QED) is 0.713. The lowest BCUT2D eigenvalue weighted by Crippen LogP contribution is -2.37. The van der Waals surface area contributed by atoms with Crippen LogP contribution in [0.4, 0.5) is 0 Å². The number of rotatable bonds is 7. The molecule has 0 amide bonds. The number of nitrogens with zero attached hydrogens (tertiary/aromatic N) is 1. The SMILES string of the molecule is COc1cccc(C=CC(=O)CCN2CCOCC2)c1OC.Cl. The molecule has 1 fully saturated rings. The van der Waals surface area contributed by atoms with Crippen molar-refractivity contribution in [3.63, 3.8) is 0 Å². The average Bonchev–Trinajstić information content (AvgIpc) is 2.58. The van der Waals surface area contributed by atoms with Crippen LogP contribution in [0.15, 0.2) is 24.3 Å². The number of halogens is 1. The Bertz CT molecular complexity index is 527. The number of morpholine rings is 1. The lowest BCUT2D eigenvalue weighted by Gasteiger charge is -2.25. The Morgan fingerprint density at radius 2 is 2.00 bits per heavy atom. The van der Waals surface area contributed by atoms with Crippen LogP contribution < -0.4 is 9.47 Å². The van der Waals surface area contributed by atoms with E-state index in [4.69, 9.17) is 14.2 Å². The van der Waals surface area contributed by atoms with Crippen molar-refractivity contribution in [3.8, 4) is 11.5 Å². The summed E-state index contributed by atoms with van der Waals surface area (Å²) in [4.78, 5) is 14.2. The molecule has 1 aliphatic rings. The van der Waals surface area contributed by atoms with E-state index in [-0.39, 0.29) is 18.2 Å². The van der Waals surface area contributed by atoms with Gasteiger partial charge < -0.3 is 14.2 Å². The van der Waals surface area contributed by atoms with Crippen molar-refractivity contribution in [2.24, 2.45) is 0 Å². The second-order valence-corrected chi connectivity index (χ2v) is 5.09. The highest BCUT2D eigenvalue weighted by Gasteiger charge is 2.11. The fourth-order valence-electron chi connectivity index (χ4n) is 2.40. The topological polar surface area (TPSA) is 48.0 Å². The Morgan fingerprint density at radius 1 is 1.26 bits per heavy atom. The van der Waals surface area contributed by atoms with Crippen LogP contribution in [0.25, 0.3) is 6.08 Å². The Hall–Kier alpha value is -1.56.